The number of cyclic esters (lactones) is 1. The molecule has 8 aliphatic rings. The number of methoxy groups -OCH3 is 6. The molecule has 4 saturated heterocycles. The minimum absolute atomic E-state index is 0.0261. The summed E-state index contributed by atoms with van der Waals surface area (Å²) in [5.41, 5.74) is 1.29. The van der Waals surface area contributed by atoms with Crippen LogP contribution in [0.3, 0.4) is 0 Å². The number of rotatable bonds is 9. The van der Waals surface area contributed by atoms with E-state index in [4.69, 9.17) is 37.9 Å². The molecule has 0 aromatic rings. The Hall–Kier alpha value is -4.77. The number of esters is 4. The van der Waals surface area contributed by atoms with Crippen molar-refractivity contribution in [2.45, 2.75) is 84.0 Å². The van der Waals surface area contributed by atoms with Crippen LogP contribution in [0.5, 0.6) is 0 Å². The Balaban J connectivity index is 0.000000386. The molecule has 0 N–H and O–H groups in total. The van der Waals surface area contributed by atoms with E-state index in [0.29, 0.717) is 46.9 Å². The van der Waals surface area contributed by atoms with Crippen molar-refractivity contribution < 1.29 is 80.5 Å². The fraction of sp³-hybridized carbons (Fsp3) is 0.673. The molecule has 5 aliphatic heterocycles. The van der Waals surface area contributed by atoms with Crippen molar-refractivity contribution in [3.8, 4) is 12.3 Å². The van der Waals surface area contributed by atoms with E-state index in [-0.39, 0.29) is 35.8 Å². The maximum atomic E-state index is 11.4. The molecule has 2 amide bonds. The molecule has 8 rings (SSSR count). The monoisotopic (exact) mass is 951 g/mol. The summed E-state index contributed by atoms with van der Waals surface area (Å²) < 4.78 is 59.4. The molecule has 2 saturated carbocycles. The first-order chi connectivity index (χ1) is 31.7. The Labute approximate surface area is 396 Å². The van der Waals surface area contributed by atoms with Crippen molar-refractivity contribution in [1.29, 1.82) is 0 Å². The zero-order valence-electron chi connectivity index (χ0n) is 41.1. The Kier molecular flexibility index (Phi) is 28.2. The van der Waals surface area contributed by atoms with Crippen LogP contribution in [0.2, 0.25) is 0 Å². The number of amides is 2. The number of allylic oxidation sites excluding steroid dienone is 2. The van der Waals surface area contributed by atoms with Crippen LogP contribution in [0.25, 0.3) is 0 Å². The lowest BCUT2D eigenvalue weighted by Gasteiger charge is -2.39. The first-order valence-electron chi connectivity index (χ1n) is 22.1. The predicted octanol–water partition coefficient (Wildman–Crippen LogP) is 5.16. The second-order valence-electron chi connectivity index (χ2n) is 17.4. The Bertz CT molecular complexity index is 1690. The fourth-order valence-corrected chi connectivity index (χ4v) is 7.43. The highest BCUT2D eigenvalue weighted by Crippen LogP contribution is 2.44. The normalized spacial score (nSPS) is 26.2. The molecule has 7 atom stereocenters. The third kappa shape index (κ3) is 22.3. The van der Waals surface area contributed by atoms with Gasteiger partial charge >= 0.3 is 23.9 Å². The van der Waals surface area contributed by atoms with Gasteiger partial charge in [0, 0.05) is 75.9 Å². The first-order valence-corrected chi connectivity index (χ1v) is 22.1. The number of epoxide rings is 1. The number of nitrogens with zero attached hydrogens (tertiary/aromatic N) is 1. The molecule has 3 aliphatic carbocycles. The van der Waals surface area contributed by atoms with Gasteiger partial charge in [0.2, 0.25) is 5.83 Å². The highest BCUT2D eigenvalue weighted by Gasteiger charge is 2.44. The van der Waals surface area contributed by atoms with Gasteiger partial charge < -0.3 is 47.4 Å². The van der Waals surface area contributed by atoms with Gasteiger partial charge in [0.25, 0.3) is 11.8 Å². The number of hydrogen-bond acceptors (Lipinski definition) is 16. The Morgan fingerprint density at radius 3 is 1.72 bits per heavy atom. The van der Waals surface area contributed by atoms with E-state index in [1.54, 1.807) is 27.2 Å². The fourth-order valence-electron chi connectivity index (χ4n) is 7.43. The largest absolute Gasteiger partial charge is 0.469 e. The summed E-state index contributed by atoms with van der Waals surface area (Å²) in [6, 6.07) is 0. The molecular formula is C49H74FNO16. The van der Waals surface area contributed by atoms with E-state index < -0.39 is 17.8 Å². The summed E-state index contributed by atoms with van der Waals surface area (Å²) in [7, 11) is 10.5. The Morgan fingerprint density at radius 1 is 0.866 bits per heavy atom. The van der Waals surface area contributed by atoms with Gasteiger partial charge in [-0.05, 0) is 63.2 Å². The van der Waals surface area contributed by atoms with Gasteiger partial charge in [0.15, 0.2) is 0 Å². The number of hydrogen-bond donors (Lipinski definition) is 0. The first kappa shape index (κ1) is 60.2. The molecule has 0 aromatic heterocycles. The van der Waals surface area contributed by atoms with Crippen LogP contribution in [0.1, 0.15) is 65.7 Å². The summed E-state index contributed by atoms with van der Waals surface area (Å²) in [6.07, 6.45) is 20.6. The smallest absolute Gasteiger partial charge is 0.383 e. The molecule has 378 valence electrons. The van der Waals surface area contributed by atoms with Gasteiger partial charge in [-0.15, -0.1) is 6.42 Å². The van der Waals surface area contributed by atoms with Crippen molar-refractivity contribution in [1.82, 2.24) is 4.90 Å². The average Bonchev–Trinajstić information content (AvgIpc) is 3.48. The number of carbonyl (C=O) groups is 6. The minimum atomic E-state index is -1.07. The molecule has 6 fully saturated rings. The van der Waals surface area contributed by atoms with Crippen molar-refractivity contribution in [3.05, 3.63) is 48.9 Å². The predicted molar refractivity (Wildman–Crippen MR) is 244 cm³/mol. The zero-order valence-corrected chi connectivity index (χ0v) is 41.1. The lowest BCUT2D eigenvalue weighted by molar-refractivity contribution is -0.146. The SMILES string of the molecule is C#CC(=O)OC.C=C(F)C(=O)OC.C=C1CC(C)OC1=O.CCC1(COC)COC1.CN1C(=O)C=CC1=O.COC(=O)C1CC2C=CC1C2.COCC1(C)COC1.COCC1CCC2OC2C1. The van der Waals surface area contributed by atoms with Crippen molar-refractivity contribution in [2.75, 3.05) is 96.0 Å². The molecule has 67 heavy (non-hydrogen) atoms. The van der Waals surface area contributed by atoms with E-state index in [1.165, 1.54) is 65.5 Å². The molecule has 2 bridgehead atoms. The lowest BCUT2D eigenvalue weighted by atomic mass is 9.84. The summed E-state index contributed by atoms with van der Waals surface area (Å²) in [6.45, 7) is 18.5. The number of ether oxygens (including phenoxy) is 10. The summed E-state index contributed by atoms with van der Waals surface area (Å²) in [4.78, 5) is 63.0. The van der Waals surface area contributed by atoms with Crippen LogP contribution in [0, 0.1) is 46.8 Å². The van der Waals surface area contributed by atoms with Gasteiger partial charge in [0.1, 0.15) is 6.10 Å². The highest BCUT2D eigenvalue weighted by molar-refractivity contribution is 6.12. The van der Waals surface area contributed by atoms with E-state index >= 15 is 0 Å². The topological polar surface area (TPSA) is 201 Å². The standard InChI is InChI=1S/C9H12O2.C8H14O2.C7H14O2.C6H12O2.C6H8O2.C5H5NO2.C4H5FO2.C4H4O2/c1-11-9(10)8-5-6-2-3-7(8)4-6;1-9-5-6-2-3-7-8(4-6)10-7;1-3-7(4-8-2)5-9-6-7;1-6(3-7-2)4-8-5-6;1-4-3-5(2)8-6(4)7;1-6-4(7)2-3-5(6)8;1-3(5)4(6)7-2;1-3-4(5)6-2/h2-3,6-8H,4-5H2,1H3;6-8H,2-5H2,1H3;3-6H2,1-2H3;3-5H2,1-2H3;5H,1,3H2,2H3;2-3H,1H3;1H2,2H3;1H,2H3. The molecule has 0 spiro atoms. The molecule has 5 heterocycles. The Morgan fingerprint density at radius 2 is 1.48 bits per heavy atom. The van der Waals surface area contributed by atoms with Crippen molar-refractivity contribution in [3.63, 3.8) is 0 Å². The van der Waals surface area contributed by atoms with E-state index in [1.807, 2.05) is 6.92 Å². The summed E-state index contributed by atoms with van der Waals surface area (Å²) in [5.74, 6) is 0.367. The average molecular weight is 952 g/mol. The van der Waals surface area contributed by atoms with Gasteiger partial charge in [0.05, 0.1) is 79.1 Å². The highest BCUT2D eigenvalue weighted by atomic mass is 19.1. The zero-order chi connectivity index (χ0) is 50.7. The number of terminal acetylenes is 1. The maximum Gasteiger partial charge on any atom is 0.383 e. The molecule has 7 unspecified atom stereocenters. The minimum Gasteiger partial charge on any atom is -0.469 e. The van der Waals surface area contributed by atoms with E-state index in [9.17, 15) is 33.2 Å². The summed E-state index contributed by atoms with van der Waals surface area (Å²) in [5, 5.41) is 0. The number of halogens is 1. The van der Waals surface area contributed by atoms with Crippen LogP contribution in [0.15, 0.2) is 48.9 Å². The quantitative estimate of drug-likeness (QED) is 0.0429. The molecular weight excluding hydrogens is 878 g/mol. The van der Waals surface area contributed by atoms with Gasteiger partial charge in [-0.1, -0.05) is 39.2 Å². The number of likely N-dealkylation sites (N-methyl/N-ethyl adjacent to an activating group) is 1. The summed E-state index contributed by atoms with van der Waals surface area (Å²) >= 11 is 0. The molecule has 17 nitrogen and oxygen atoms in total. The second kappa shape index (κ2) is 31.3. The van der Waals surface area contributed by atoms with Gasteiger partial charge in [-0.2, -0.15) is 4.39 Å². The molecule has 0 aromatic carbocycles. The van der Waals surface area contributed by atoms with Gasteiger partial charge in [-0.3, -0.25) is 19.3 Å². The third-order valence-electron chi connectivity index (χ3n) is 11.6. The van der Waals surface area contributed by atoms with Crippen LogP contribution >= 0.6 is 0 Å². The lowest BCUT2D eigenvalue weighted by Crippen LogP contribution is -2.45. The van der Waals surface area contributed by atoms with Crippen LogP contribution < -0.4 is 0 Å². The third-order valence-corrected chi connectivity index (χ3v) is 11.6. The number of imide groups is 1. The van der Waals surface area contributed by atoms with E-state index in [2.05, 4.69) is 55.1 Å². The van der Waals surface area contributed by atoms with Crippen molar-refractivity contribution in [2.24, 2.45) is 34.5 Å². The second-order valence-corrected chi connectivity index (χ2v) is 17.4. The van der Waals surface area contributed by atoms with Crippen LogP contribution in [0.4, 0.5) is 4.39 Å². The molecule has 18 heteroatoms. The number of fused-ring (bicyclic) bond motifs is 3. The van der Waals surface area contributed by atoms with Crippen LogP contribution in [-0.2, 0) is 76.1 Å². The molecule has 0 radical (unpaired) electrons. The van der Waals surface area contributed by atoms with E-state index in [0.717, 1.165) is 70.6 Å². The van der Waals surface area contributed by atoms with Crippen LogP contribution in [-0.4, -0.2) is 155 Å². The van der Waals surface area contributed by atoms with Gasteiger partial charge in [-0.25, -0.2) is 14.4 Å². The maximum absolute atomic E-state index is 11.4. The van der Waals surface area contributed by atoms with Crippen molar-refractivity contribution >= 4 is 35.7 Å². The number of carbonyl (C=O) groups excluding carboxylic acids is 6.